The predicted octanol–water partition coefficient (Wildman–Crippen LogP) is 1.77. The summed E-state index contributed by atoms with van der Waals surface area (Å²) in [5, 5.41) is 3.24. The van der Waals surface area contributed by atoms with Gasteiger partial charge in [0.2, 0.25) is 5.91 Å². The minimum Gasteiger partial charge on any atom is -0.468 e. The lowest BCUT2D eigenvalue weighted by Crippen LogP contribution is -2.44. The van der Waals surface area contributed by atoms with Crippen molar-refractivity contribution in [2.45, 2.75) is 83.1 Å². The van der Waals surface area contributed by atoms with Crippen molar-refractivity contribution in [3.8, 4) is 0 Å². The summed E-state index contributed by atoms with van der Waals surface area (Å²) < 4.78 is 8.85. The van der Waals surface area contributed by atoms with Crippen molar-refractivity contribution in [2.24, 2.45) is 11.8 Å². The van der Waals surface area contributed by atoms with Gasteiger partial charge in [0.15, 0.2) is 0 Å². The van der Waals surface area contributed by atoms with Crippen LogP contribution in [0.1, 0.15) is 66.7 Å². The third-order valence-corrected chi connectivity index (χ3v) is 6.93. The summed E-state index contributed by atoms with van der Waals surface area (Å²) in [6.45, 7) is 8.70. The number of methoxy groups -OCH3 is 1. The standard InChI is InChI=1S/C23H36N2O9S/c1-14(2)24-19(29)15(11-22(3,4)33-13-26)10-16(12-23(5,35-7)21(31)32-6)20(30)34-25-17(27)8-9-18(25)28/h13-16H,8-12H2,1-7H3,(H,24,29). The van der Waals surface area contributed by atoms with Gasteiger partial charge in [-0.05, 0) is 60.1 Å². The first kappa shape index (κ1) is 30.4. The molecule has 0 spiro atoms. The summed E-state index contributed by atoms with van der Waals surface area (Å²) in [5.74, 6) is -5.05. The molecule has 198 valence electrons. The van der Waals surface area contributed by atoms with Crippen LogP contribution in [0.25, 0.3) is 0 Å². The lowest BCUT2D eigenvalue weighted by Gasteiger charge is -2.33. The van der Waals surface area contributed by atoms with Crippen molar-refractivity contribution in [2.75, 3.05) is 13.4 Å². The Morgan fingerprint density at radius 2 is 1.66 bits per heavy atom. The fraction of sp³-hybridized carbons (Fsp3) is 0.739. The Bertz CT molecular complexity index is 814. The van der Waals surface area contributed by atoms with Crippen molar-refractivity contribution in [3.63, 3.8) is 0 Å². The Labute approximate surface area is 209 Å². The van der Waals surface area contributed by atoms with Gasteiger partial charge in [-0.2, -0.15) is 0 Å². The molecule has 1 fully saturated rings. The number of carbonyl (C=O) groups excluding carboxylic acids is 6. The lowest BCUT2D eigenvalue weighted by molar-refractivity contribution is -0.201. The zero-order valence-electron chi connectivity index (χ0n) is 21.4. The van der Waals surface area contributed by atoms with Crippen LogP contribution in [0.5, 0.6) is 0 Å². The first-order valence-electron chi connectivity index (χ1n) is 11.3. The van der Waals surface area contributed by atoms with Crippen LogP contribution in [-0.4, -0.2) is 71.0 Å². The van der Waals surface area contributed by atoms with Crippen LogP contribution in [-0.2, 0) is 43.1 Å². The highest BCUT2D eigenvalue weighted by Gasteiger charge is 2.43. The first-order chi connectivity index (χ1) is 16.2. The topological polar surface area (TPSA) is 145 Å². The average molecular weight is 517 g/mol. The summed E-state index contributed by atoms with van der Waals surface area (Å²) in [4.78, 5) is 78.8. The number of rotatable bonds is 14. The molecule has 1 N–H and O–H groups in total. The SMILES string of the molecule is COC(=O)C(C)(CC(CC(CC(C)(C)OC=O)C(=O)NC(C)C)C(=O)ON1C(=O)CCC1=O)SC. The Morgan fingerprint density at radius 1 is 1.09 bits per heavy atom. The van der Waals surface area contributed by atoms with Gasteiger partial charge in [-0.1, -0.05) is 0 Å². The summed E-state index contributed by atoms with van der Waals surface area (Å²) >= 11 is 1.16. The minimum absolute atomic E-state index is 0.0713. The van der Waals surface area contributed by atoms with Crippen LogP contribution in [0.4, 0.5) is 0 Å². The van der Waals surface area contributed by atoms with E-state index in [1.807, 2.05) is 0 Å². The molecule has 1 rings (SSSR count). The molecule has 0 aromatic heterocycles. The molecule has 0 aromatic rings. The van der Waals surface area contributed by atoms with Gasteiger partial charge >= 0.3 is 11.9 Å². The van der Waals surface area contributed by atoms with Gasteiger partial charge < -0.3 is 19.6 Å². The molecule has 0 bridgehead atoms. The van der Waals surface area contributed by atoms with Gasteiger partial charge in [-0.15, -0.1) is 16.8 Å². The second kappa shape index (κ2) is 12.9. The number of esters is 1. The number of hydrogen-bond donors (Lipinski definition) is 1. The summed E-state index contributed by atoms with van der Waals surface area (Å²) in [6.07, 6.45) is 1.43. The van der Waals surface area contributed by atoms with Crippen molar-refractivity contribution in [3.05, 3.63) is 0 Å². The largest absolute Gasteiger partial charge is 0.468 e. The van der Waals surface area contributed by atoms with Crippen LogP contribution in [0.15, 0.2) is 0 Å². The van der Waals surface area contributed by atoms with E-state index in [0.717, 1.165) is 11.8 Å². The third kappa shape index (κ3) is 8.83. The number of carbonyl (C=O) groups is 6. The maximum Gasteiger partial charge on any atom is 0.336 e. The summed E-state index contributed by atoms with van der Waals surface area (Å²) in [7, 11) is 1.23. The summed E-state index contributed by atoms with van der Waals surface area (Å²) in [5.41, 5.74) is -1.03. The number of hydrogen-bond acceptors (Lipinski definition) is 10. The monoisotopic (exact) mass is 516 g/mol. The highest BCUT2D eigenvalue weighted by atomic mass is 32.2. The minimum atomic E-state index is -1.18. The first-order valence-corrected chi connectivity index (χ1v) is 12.5. The predicted molar refractivity (Wildman–Crippen MR) is 126 cm³/mol. The number of hydroxylamine groups is 2. The van der Waals surface area contributed by atoms with Crippen LogP contribution < -0.4 is 5.32 Å². The molecule has 3 amide bonds. The van der Waals surface area contributed by atoms with E-state index in [1.54, 1.807) is 40.9 Å². The van der Waals surface area contributed by atoms with E-state index < -0.39 is 45.9 Å². The highest BCUT2D eigenvalue weighted by molar-refractivity contribution is 8.00. The van der Waals surface area contributed by atoms with Crippen molar-refractivity contribution in [1.82, 2.24) is 10.4 Å². The van der Waals surface area contributed by atoms with Crippen LogP contribution >= 0.6 is 11.8 Å². The molecule has 12 heteroatoms. The number of amides is 3. The normalized spacial score (nSPS) is 17.4. The smallest absolute Gasteiger partial charge is 0.336 e. The van der Waals surface area contributed by atoms with Gasteiger partial charge in [-0.25, -0.2) is 4.79 Å². The fourth-order valence-electron chi connectivity index (χ4n) is 3.82. The molecule has 11 nitrogen and oxygen atoms in total. The number of imide groups is 1. The molecule has 0 saturated carbocycles. The molecule has 1 aliphatic heterocycles. The van der Waals surface area contributed by atoms with E-state index in [0.29, 0.717) is 5.06 Å². The van der Waals surface area contributed by atoms with E-state index in [-0.39, 0.29) is 50.5 Å². The molecule has 1 saturated heterocycles. The van der Waals surface area contributed by atoms with Crippen LogP contribution in [0.3, 0.4) is 0 Å². The van der Waals surface area contributed by atoms with Crippen molar-refractivity contribution < 1.29 is 43.1 Å². The molecule has 3 unspecified atom stereocenters. The lowest BCUT2D eigenvalue weighted by atomic mass is 9.81. The van der Waals surface area contributed by atoms with Crippen molar-refractivity contribution in [1.29, 1.82) is 0 Å². The number of ether oxygens (including phenoxy) is 2. The molecule has 1 aliphatic rings. The highest BCUT2D eigenvalue weighted by Crippen LogP contribution is 2.36. The number of nitrogens with one attached hydrogen (secondary N) is 1. The van der Waals surface area contributed by atoms with E-state index in [4.69, 9.17) is 14.3 Å². The van der Waals surface area contributed by atoms with Gasteiger partial charge in [0.25, 0.3) is 18.3 Å². The van der Waals surface area contributed by atoms with E-state index in [1.165, 1.54) is 7.11 Å². The average Bonchev–Trinajstić information content (AvgIpc) is 3.08. The second-order valence-electron chi connectivity index (χ2n) is 9.59. The molecule has 0 aromatic carbocycles. The molecule has 1 heterocycles. The van der Waals surface area contributed by atoms with Crippen LogP contribution in [0.2, 0.25) is 0 Å². The van der Waals surface area contributed by atoms with Gasteiger partial charge in [0.1, 0.15) is 10.3 Å². The molecule has 0 aliphatic carbocycles. The Hall–Kier alpha value is -2.63. The summed E-state index contributed by atoms with van der Waals surface area (Å²) in [6, 6.07) is -0.197. The Kier molecular flexibility index (Phi) is 11.2. The quantitative estimate of drug-likeness (QED) is 0.206. The van der Waals surface area contributed by atoms with E-state index >= 15 is 0 Å². The number of thioether (sulfide) groups is 1. The van der Waals surface area contributed by atoms with Gasteiger partial charge in [0.05, 0.1) is 13.0 Å². The zero-order valence-corrected chi connectivity index (χ0v) is 22.2. The second-order valence-corrected chi connectivity index (χ2v) is 10.9. The molecule has 35 heavy (non-hydrogen) atoms. The third-order valence-electron chi connectivity index (χ3n) is 5.70. The molecule has 3 atom stereocenters. The van der Waals surface area contributed by atoms with Crippen LogP contribution in [0, 0.1) is 11.8 Å². The van der Waals surface area contributed by atoms with Gasteiger partial charge in [-0.3, -0.25) is 24.0 Å². The molecule has 0 radical (unpaired) electrons. The van der Waals surface area contributed by atoms with E-state index in [9.17, 15) is 28.8 Å². The molecular formula is C23H36N2O9S. The zero-order chi connectivity index (χ0) is 27.0. The number of nitrogens with zero attached hydrogens (tertiary/aromatic N) is 1. The van der Waals surface area contributed by atoms with E-state index in [2.05, 4.69) is 5.32 Å². The van der Waals surface area contributed by atoms with Crippen molar-refractivity contribution >= 4 is 47.9 Å². The maximum absolute atomic E-state index is 13.2. The Balaban J connectivity index is 3.34. The maximum atomic E-state index is 13.2. The Morgan fingerprint density at radius 3 is 2.11 bits per heavy atom. The fourth-order valence-corrected chi connectivity index (χ4v) is 4.44. The van der Waals surface area contributed by atoms with Gasteiger partial charge in [0, 0.05) is 24.8 Å². The molecular weight excluding hydrogens is 480 g/mol.